The van der Waals surface area contributed by atoms with Crippen molar-refractivity contribution >= 4 is 17.6 Å². The molecule has 4 rings (SSSR count). The SMILES string of the molecule is C[C@H]1C(=O)NC[C@@H]1C(=O)Nc1cc(-c2cc(F)cc(OC(C)(C)C(F)(F)F)c2)n(-c2ccnc(C(F)(F)F)n2)n1. The quantitative estimate of drug-likeness (QED) is 0.419. The van der Waals surface area contributed by atoms with E-state index < -0.39 is 58.9 Å². The first-order valence-electron chi connectivity index (χ1n) is 11.6. The second kappa shape index (κ2) is 10.1. The van der Waals surface area contributed by atoms with Crippen molar-refractivity contribution in [2.75, 3.05) is 11.9 Å². The van der Waals surface area contributed by atoms with E-state index in [0.717, 1.165) is 49.0 Å². The Bertz CT molecular complexity index is 1450. The number of rotatable bonds is 6. The summed E-state index contributed by atoms with van der Waals surface area (Å²) in [6, 6.07) is 4.85. The predicted octanol–water partition coefficient (Wildman–Crippen LogP) is 4.53. The Labute approximate surface area is 221 Å². The average molecular weight is 574 g/mol. The van der Waals surface area contributed by atoms with Crippen molar-refractivity contribution in [3.8, 4) is 22.8 Å². The van der Waals surface area contributed by atoms with Crippen molar-refractivity contribution in [3.05, 3.63) is 48.2 Å². The molecule has 1 aliphatic heterocycles. The summed E-state index contributed by atoms with van der Waals surface area (Å²) in [4.78, 5) is 31.2. The molecule has 40 heavy (non-hydrogen) atoms. The van der Waals surface area contributed by atoms with Gasteiger partial charge in [0.15, 0.2) is 17.2 Å². The number of nitrogens with one attached hydrogen (secondary N) is 2. The zero-order valence-corrected chi connectivity index (χ0v) is 21.0. The van der Waals surface area contributed by atoms with Gasteiger partial charge < -0.3 is 15.4 Å². The monoisotopic (exact) mass is 574 g/mol. The molecular formula is C24H21F7N6O3. The molecule has 1 aliphatic rings. The molecule has 2 N–H and O–H groups in total. The van der Waals surface area contributed by atoms with Crippen LogP contribution in [0.15, 0.2) is 36.5 Å². The van der Waals surface area contributed by atoms with Crippen LogP contribution in [0.25, 0.3) is 17.1 Å². The molecule has 0 saturated carbocycles. The second-order valence-electron chi connectivity index (χ2n) is 9.48. The minimum atomic E-state index is -4.93. The number of ether oxygens (including phenoxy) is 1. The standard InChI is InChI=1S/C24H21F7N6O3/c1-11-15(10-33-19(11)38)20(39)34-17-9-16(37(36-17)18-4-5-32-21(35-18)23(26,27)28)12-6-13(25)8-14(7-12)40-22(2,3)24(29,30)31/h4-9,11,15H,10H2,1-3H3,(H,33,38)(H,34,36,39)/t11-,15+/m1/s1. The molecule has 3 heterocycles. The minimum absolute atomic E-state index is 0.0415. The Kier molecular flexibility index (Phi) is 7.23. The molecule has 2 atom stereocenters. The van der Waals surface area contributed by atoms with Gasteiger partial charge in [-0.1, -0.05) is 6.92 Å². The molecule has 16 heteroatoms. The number of halogens is 7. The Morgan fingerprint density at radius 3 is 2.42 bits per heavy atom. The fraction of sp³-hybridized carbons (Fsp3) is 0.375. The van der Waals surface area contributed by atoms with Crippen LogP contribution in [0.2, 0.25) is 0 Å². The van der Waals surface area contributed by atoms with Crippen LogP contribution in [0.3, 0.4) is 0 Å². The third-order valence-electron chi connectivity index (χ3n) is 6.14. The van der Waals surface area contributed by atoms with Gasteiger partial charge in [-0.15, -0.1) is 5.10 Å². The lowest BCUT2D eigenvalue weighted by molar-refractivity contribution is -0.234. The summed E-state index contributed by atoms with van der Waals surface area (Å²) >= 11 is 0. The van der Waals surface area contributed by atoms with Gasteiger partial charge in [-0.05, 0) is 26.0 Å². The number of hydrogen-bond donors (Lipinski definition) is 2. The Morgan fingerprint density at radius 2 is 1.82 bits per heavy atom. The van der Waals surface area contributed by atoms with Crippen LogP contribution in [0, 0.1) is 17.7 Å². The number of benzene rings is 1. The van der Waals surface area contributed by atoms with Crippen molar-refractivity contribution in [2.45, 2.75) is 38.7 Å². The number of anilines is 1. The van der Waals surface area contributed by atoms with Gasteiger partial charge in [0.25, 0.3) is 0 Å². The van der Waals surface area contributed by atoms with Gasteiger partial charge in [-0.25, -0.2) is 19.0 Å². The molecule has 2 aromatic heterocycles. The summed E-state index contributed by atoms with van der Waals surface area (Å²) in [5.74, 6) is -6.14. The highest BCUT2D eigenvalue weighted by Crippen LogP contribution is 2.37. The maximum Gasteiger partial charge on any atom is 0.451 e. The molecule has 0 radical (unpaired) electrons. The summed E-state index contributed by atoms with van der Waals surface area (Å²) in [7, 11) is 0. The Hall–Kier alpha value is -4.24. The van der Waals surface area contributed by atoms with Crippen LogP contribution in [0.4, 0.5) is 36.6 Å². The molecule has 1 saturated heterocycles. The van der Waals surface area contributed by atoms with E-state index in [1.54, 1.807) is 0 Å². The summed E-state index contributed by atoms with van der Waals surface area (Å²) in [6.45, 7) is 3.05. The zero-order valence-electron chi connectivity index (χ0n) is 21.0. The number of carbonyl (C=O) groups excluding carboxylic acids is 2. The van der Waals surface area contributed by atoms with E-state index in [9.17, 15) is 40.3 Å². The van der Waals surface area contributed by atoms with Crippen LogP contribution in [-0.4, -0.2) is 49.9 Å². The summed E-state index contributed by atoms with van der Waals surface area (Å²) in [5, 5.41) is 9.08. The molecule has 3 aromatic rings. The van der Waals surface area contributed by atoms with Crippen LogP contribution >= 0.6 is 0 Å². The highest BCUT2D eigenvalue weighted by atomic mass is 19.4. The molecule has 1 fully saturated rings. The summed E-state index contributed by atoms with van der Waals surface area (Å²) < 4.78 is 100. The topological polar surface area (TPSA) is 111 Å². The molecule has 0 bridgehead atoms. The molecule has 0 spiro atoms. The molecule has 0 unspecified atom stereocenters. The molecule has 2 amide bonds. The average Bonchev–Trinajstić information content (AvgIpc) is 3.40. The fourth-order valence-electron chi connectivity index (χ4n) is 3.82. The third kappa shape index (κ3) is 5.84. The lowest BCUT2D eigenvalue weighted by Gasteiger charge is -2.29. The molecular weight excluding hydrogens is 553 g/mol. The maximum atomic E-state index is 14.6. The highest BCUT2D eigenvalue weighted by Gasteiger charge is 2.50. The first-order valence-corrected chi connectivity index (χ1v) is 11.6. The number of nitrogens with zero attached hydrogens (tertiary/aromatic N) is 4. The number of alkyl halides is 6. The van der Waals surface area contributed by atoms with Crippen LogP contribution < -0.4 is 15.4 Å². The number of carbonyl (C=O) groups is 2. The van der Waals surface area contributed by atoms with E-state index in [2.05, 4.69) is 25.7 Å². The van der Waals surface area contributed by atoms with Gasteiger partial charge >= 0.3 is 12.4 Å². The summed E-state index contributed by atoms with van der Waals surface area (Å²) in [6.07, 6.45) is -8.94. The van der Waals surface area contributed by atoms with Crippen molar-refractivity contribution < 1.29 is 45.1 Å². The van der Waals surface area contributed by atoms with E-state index in [1.807, 2.05) is 0 Å². The predicted molar refractivity (Wildman–Crippen MR) is 125 cm³/mol. The number of amides is 2. The first kappa shape index (κ1) is 28.8. The van der Waals surface area contributed by atoms with Gasteiger partial charge in [-0.2, -0.15) is 26.3 Å². The van der Waals surface area contributed by atoms with Gasteiger partial charge in [0, 0.05) is 42.4 Å². The van der Waals surface area contributed by atoms with E-state index in [1.165, 1.54) is 6.92 Å². The highest BCUT2D eigenvalue weighted by molar-refractivity contribution is 5.98. The largest absolute Gasteiger partial charge is 0.478 e. The molecule has 214 valence electrons. The van der Waals surface area contributed by atoms with Gasteiger partial charge in [0.05, 0.1) is 11.6 Å². The van der Waals surface area contributed by atoms with Crippen LogP contribution in [-0.2, 0) is 15.8 Å². The Balaban J connectivity index is 1.80. The minimum Gasteiger partial charge on any atom is -0.478 e. The molecule has 0 aliphatic carbocycles. The smallest absolute Gasteiger partial charge is 0.451 e. The maximum absolute atomic E-state index is 14.6. The fourth-order valence-corrected chi connectivity index (χ4v) is 3.82. The number of hydrogen-bond acceptors (Lipinski definition) is 6. The zero-order chi connectivity index (χ0) is 29.6. The van der Waals surface area contributed by atoms with E-state index in [0.29, 0.717) is 6.07 Å². The van der Waals surface area contributed by atoms with Crippen LogP contribution in [0.5, 0.6) is 5.75 Å². The molecule has 1 aromatic carbocycles. The van der Waals surface area contributed by atoms with Crippen molar-refractivity contribution in [2.24, 2.45) is 11.8 Å². The molecule has 9 nitrogen and oxygen atoms in total. The van der Waals surface area contributed by atoms with Gasteiger partial charge in [0.2, 0.25) is 17.6 Å². The van der Waals surface area contributed by atoms with Gasteiger partial charge in [0.1, 0.15) is 11.6 Å². The lowest BCUT2D eigenvalue weighted by atomic mass is 9.97. The summed E-state index contributed by atoms with van der Waals surface area (Å²) in [5.41, 5.74) is -3.01. The van der Waals surface area contributed by atoms with Crippen molar-refractivity contribution in [1.29, 1.82) is 0 Å². The lowest BCUT2D eigenvalue weighted by Crippen LogP contribution is -2.44. The van der Waals surface area contributed by atoms with E-state index in [-0.39, 0.29) is 29.5 Å². The van der Waals surface area contributed by atoms with E-state index >= 15 is 0 Å². The first-order chi connectivity index (χ1) is 18.5. The Morgan fingerprint density at radius 1 is 1.12 bits per heavy atom. The van der Waals surface area contributed by atoms with Crippen molar-refractivity contribution in [3.63, 3.8) is 0 Å². The number of aromatic nitrogens is 4. The second-order valence-corrected chi connectivity index (χ2v) is 9.48. The van der Waals surface area contributed by atoms with Crippen LogP contribution in [0.1, 0.15) is 26.6 Å². The third-order valence-corrected chi connectivity index (χ3v) is 6.14. The van der Waals surface area contributed by atoms with Gasteiger partial charge in [-0.3, -0.25) is 9.59 Å². The van der Waals surface area contributed by atoms with Crippen molar-refractivity contribution in [1.82, 2.24) is 25.1 Å². The van der Waals surface area contributed by atoms with E-state index in [4.69, 9.17) is 4.74 Å². The normalized spacial score (nSPS) is 18.0.